The van der Waals surface area contributed by atoms with E-state index in [0.717, 1.165) is 11.6 Å². The Balaban J connectivity index is 1.67. The molecule has 0 amide bonds. The summed E-state index contributed by atoms with van der Waals surface area (Å²) in [6.07, 6.45) is 2.99. The van der Waals surface area contributed by atoms with Gasteiger partial charge in [-0.05, 0) is 43.0 Å². The van der Waals surface area contributed by atoms with Gasteiger partial charge in [-0.25, -0.2) is 12.8 Å². The van der Waals surface area contributed by atoms with Crippen molar-refractivity contribution in [1.29, 1.82) is 0 Å². The highest BCUT2D eigenvalue weighted by atomic mass is 32.2. The largest absolute Gasteiger partial charge is 0.495 e. The maximum Gasteiger partial charge on any atom is 0.247 e. The minimum atomic E-state index is -3.88. The summed E-state index contributed by atoms with van der Waals surface area (Å²) in [5.74, 6) is -0.417. The molecule has 150 valence electrons. The molecule has 0 bridgehead atoms. The van der Waals surface area contributed by atoms with Crippen LogP contribution in [-0.4, -0.2) is 56.5 Å². The second kappa shape index (κ2) is 7.81. The van der Waals surface area contributed by atoms with Gasteiger partial charge in [0, 0.05) is 31.7 Å². The lowest BCUT2D eigenvalue weighted by Crippen LogP contribution is -2.56. The summed E-state index contributed by atoms with van der Waals surface area (Å²) in [6, 6.07) is 13.9. The second-order valence-corrected chi connectivity index (χ2v) is 9.34. The van der Waals surface area contributed by atoms with Gasteiger partial charge in [-0.2, -0.15) is 4.31 Å². The molecule has 2 aromatic carbocycles. The third-order valence-electron chi connectivity index (χ3n) is 5.55. The van der Waals surface area contributed by atoms with E-state index in [1.54, 1.807) is 0 Å². The summed E-state index contributed by atoms with van der Waals surface area (Å²) >= 11 is 0. The number of piperazine rings is 1. The summed E-state index contributed by atoms with van der Waals surface area (Å²) in [4.78, 5) is 2.29. The van der Waals surface area contributed by atoms with Crippen LogP contribution in [0.15, 0.2) is 53.4 Å². The molecule has 1 aliphatic carbocycles. The van der Waals surface area contributed by atoms with E-state index >= 15 is 0 Å². The van der Waals surface area contributed by atoms with Crippen LogP contribution in [0.1, 0.15) is 18.4 Å². The van der Waals surface area contributed by atoms with Gasteiger partial charge in [0.05, 0.1) is 7.11 Å². The summed E-state index contributed by atoms with van der Waals surface area (Å²) in [5, 5.41) is 0. The molecular formula is C21H25FN2O3S. The Labute approximate surface area is 165 Å². The number of methoxy groups -OCH3 is 1. The summed E-state index contributed by atoms with van der Waals surface area (Å²) in [5.41, 5.74) is 1.09. The van der Waals surface area contributed by atoms with Crippen LogP contribution in [0.3, 0.4) is 0 Å². The van der Waals surface area contributed by atoms with Gasteiger partial charge < -0.3 is 4.74 Å². The van der Waals surface area contributed by atoms with Gasteiger partial charge in [0.25, 0.3) is 0 Å². The molecule has 2 fully saturated rings. The zero-order valence-electron chi connectivity index (χ0n) is 15.9. The molecule has 0 aromatic heterocycles. The van der Waals surface area contributed by atoms with E-state index in [9.17, 15) is 12.8 Å². The highest BCUT2D eigenvalue weighted by Gasteiger charge is 2.41. The van der Waals surface area contributed by atoms with Crippen molar-refractivity contribution in [2.75, 3.05) is 26.7 Å². The van der Waals surface area contributed by atoms with E-state index in [1.807, 2.05) is 30.3 Å². The minimum Gasteiger partial charge on any atom is -0.495 e. The lowest BCUT2D eigenvalue weighted by Gasteiger charge is -2.41. The molecule has 0 spiro atoms. The molecule has 1 saturated heterocycles. The average Bonchev–Trinajstić information content (AvgIpc) is 3.54. The molecule has 0 N–H and O–H groups in total. The van der Waals surface area contributed by atoms with Crippen LogP contribution in [0.5, 0.6) is 5.75 Å². The third kappa shape index (κ3) is 3.92. The van der Waals surface area contributed by atoms with Crippen LogP contribution >= 0.6 is 0 Å². The molecule has 1 atom stereocenters. The lowest BCUT2D eigenvalue weighted by atomic mass is 10.0. The molecule has 7 heteroatoms. The van der Waals surface area contributed by atoms with Crippen molar-refractivity contribution in [1.82, 2.24) is 9.21 Å². The zero-order chi connectivity index (χ0) is 19.7. The molecular weight excluding hydrogens is 379 g/mol. The maximum atomic E-state index is 13.9. The highest BCUT2D eigenvalue weighted by Crippen LogP contribution is 2.34. The van der Waals surface area contributed by atoms with E-state index in [-0.39, 0.29) is 16.7 Å². The molecule has 0 radical (unpaired) electrons. The first kappa shape index (κ1) is 19.4. The van der Waals surface area contributed by atoms with Crippen molar-refractivity contribution in [3.05, 3.63) is 59.9 Å². The van der Waals surface area contributed by atoms with Gasteiger partial charge in [0.1, 0.15) is 16.5 Å². The fraction of sp³-hybridized carbons (Fsp3) is 0.429. The molecule has 1 saturated carbocycles. The van der Waals surface area contributed by atoms with Crippen LogP contribution in [0, 0.1) is 5.82 Å². The molecule has 28 heavy (non-hydrogen) atoms. The Morgan fingerprint density at radius 1 is 1.11 bits per heavy atom. The lowest BCUT2D eigenvalue weighted by molar-refractivity contribution is 0.128. The fourth-order valence-corrected chi connectivity index (χ4v) is 5.76. The first-order chi connectivity index (χ1) is 13.5. The van der Waals surface area contributed by atoms with E-state index in [2.05, 4.69) is 4.90 Å². The molecule has 4 rings (SSSR count). The minimum absolute atomic E-state index is 0.104. The molecule has 1 aliphatic heterocycles. The van der Waals surface area contributed by atoms with Crippen molar-refractivity contribution in [2.45, 2.75) is 36.2 Å². The Morgan fingerprint density at radius 3 is 2.54 bits per heavy atom. The average molecular weight is 405 g/mol. The SMILES string of the molecule is COc1ccc(F)cc1S(=O)(=O)N1CCN(C2CC2)CC1Cc1ccccc1. The monoisotopic (exact) mass is 404 g/mol. The van der Waals surface area contributed by atoms with Crippen molar-refractivity contribution >= 4 is 10.0 Å². The van der Waals surface area contributed by atoms with Crippen LogP contribution < -0.4 is 4.74 Å². The van der Waals surface area contributed by atoms with E-state index in [0.29, 0.717) is 32.1 Å². The number of nitrogens with zero attached hydrogens (tertiary/aromatic N) is 2. The Hall–Kier alpha value is -1.96. The summed E-state index contributed by atoms with van der Waals surface area (Å²) in [6.45, 7) is 1.79. The first-order valence-corrected chi connectivity index (χ1v) is 11.1. The second-order valence-electron chi connectivity index (χ2n) is 7.48. The van der Waals surface area contributed by atoms with Gasteiger partial charge in [0.2, 0.25) is 10.0 Å². The Kier molecular flexibility index (Phi) is 5.40. The Bertz CT molecular complexity index is 932. The van der Waals surface area contributed by atoms with E-state index in [4.69, 9.17) is 4.74 Å². The topological polar surface area (TPSA) is 49.9 Å². The maximum absolute atomic E-state index is 13.9. The molecule has 2 aliphatic rings. The number of halogens is 1. The molecule has 5 nitrogen and oxygen atoms in total. The van der Waals surface area contributed by atoms with Gasteiger partial charge in [-0.1, -0.05) is 30.3 Å². The number of ether oxygens (including phenoxy) is 1. The van der Waals surface area contributed by atoms with Crippen molar-refractivity contribution in [3.63, 3.8) is 0 Å². The number of sulfonamides is 1. The van der Waals surface area contributed by atoms with Crippen LogP contribution in [0.25, 0.3) is 0 Å². The quantitative estimate of drug-likeness (QED) is 0.743. The first-order valence-electron chi connectivity index (χ1n) is 9.62. The smallest absolute Gasteiger partial charge is 0.247 e. The zero-order valence-corrected chi connectivity index (χ0v) is 16.7. The normalized spacial score (nSPS) is 21.6. The Morgan fingerprint density at radius 2 is 1.86 bits per heavy atom. The number of rotatable bonds is 6. The number of hydrogen-bond donors (Lipinski definition) is 0. The summed E-state index contributed by atoms with van der Waals surface area (Å²) in [7, 11) is -2.48. The van der Waals surface area contributed by atoms with Crippen LogP contribution in [0.4, 0.5) is 4.39 Å². The van der Waals surface area contributed by atoms with E-state index in [1.165, 1.54) is 36.4 Å². The number of benzene rings is 2. The predicted molar refractivity (Wildman–Crippen MR) is 105 cm³/mol. The van der Waals surface area contributed by atoms with Crippen molar-refractivity contribution in [3.8, 4) is 5.75 Å². The van der Waals surface area contributed by atoms with Gasteiger partial charge >= 0.3 is 0 Å². The van der Waals surface area contributed by atoms with Crippen molar-refractivity contribution in [2.24, 2.45) is 0 Å². The standard InChI is InChI=1S/C21H25FN2O3S/c1-27-20-10-7-17(22)14-21(20)28(25,26)24-12-11-23(18-8-9-18)15-19(24)13-16-5-3-2-4-6-16/h2-7,10,14,18-19H,8-9,11-13,15H2,1H3. The van der Waals surface area contributed by atoms with Gasteiger partial charge in [0.15, 0.2) is 0 Å². The predicted octanol–water partition coefficient (Wildman–Crippen LogP) is 2.91. The molecule has 1 unspecified atom stereocenters. The number of hydrogen-bond acceptors (Lipinski definition) is 4. The van der Waals surface area contributed by atoms with Crippen molar-refractivity contribution < 1.29 is 17.5 Å². The van der Waals surface area contributed by atoms with Gasteiger partial charge in [-0.3, -0.25) is 4.90 Å². The fourth-order valence-electron chi connectivity index (χ4n) is 3.98. The van der Waals surface area contributed by atoms with E-state index < -0.39 is 15.8 Å². The van der Waals surface area contributed by atoms with Crippen LogP contribution in [0.2, 0.25) is 0 Å². The molecule has 2 aromatic rings. The summed E-state index contributed by atoms with van der Waals surface area (Å²) < 4.78 is 47.6. The highest BCUT2D eigenvalue weighted by molar-refractivity contribution is 7.89. The van der Waals surface area contributed by atoms with Gasteiger partial charge in [-0.15, -0.1) is 0 Å². The molecule has 1 heterocycles. The third-order valence-corrected chi connectivity index (χ3v) is 7.52. The van der Waals surface area contributed by atoms with Crippen LogP contribution in [-0.2, 0) is 16.4 Å².